The number of halogens is 1. The smallest absolute Gasteiger partial charge is 0.227 e. The van der Waals surface area contributed by atoms with Gasteiger partial charge in [0.15, 0.2) is 0 Å². The number of aryl methyl sites for hydroxylation is 1. The van der Waals surface area contributed by atoms with Crippen molar-refractivity contribution in [3.05, 3.63) is 23.8 Å². The van der Waals surface area contributed by atoms with Gasteiger partial charge < -0.3 is 5.32 Å². The summed E-state index contributed by atoms with van der Waals surface area (Å²) in [5, 5.41) is 2.80. The van der Waals surface area contributed by atoms with Gasteiger partial charge in [-0.2, -0.15) is 0 Å². The highest BCUT2D eigenvalue weighted by Gasteiger charge is 2.25. The Balaban J connectivity index is 2.56. The third kappa shape index (κ3) is 3.45. The van der Waals surface area contributed by atoms with Gasteiger partial charge in [0.05, 0.1) is 17.7 Å². The van der Waals surface area contributed by atoms with Gasteiger partial charge in [0.25, 0.3) is 0 Å². The van der Waals surface area contributed by atoms with E-state index in [-0.39, 0.29) is 5.91 Å². The summed E-state index contributed by atoms with van der Waals surface area (Å²) in [6.45, 7) is 5.83. The van der Waals surface area contributed by atoms with Crippen LogP contribution in [0.3, 0.4) is 0 Å². The van der Waals surface area contributed by atoms with Crippen molar-refractivity contribution < 1.29 is 4.79 Å². The summed E-state index contributed by atoms with van der Waals surface area (Å²) in [5.74, 6) is 0.920. The van der Waals surface area contributed by atoms with Crippen molar-refractivity contribution in [1.82, 2.24) is 15.3 Å². The number of aromatic nitrogens is 2. The van der Waals surface area contributed by atoms with Crippen molar-refractivity contribution >= 4 is 17.5 Å². The van der Waals surface area contributed by atoms with E-state index in [4.69, 9.17) is 11.6 Å². The van der Waals surface area contributed by atoms with Crippen LogP contribution in [0.25, 0.3) is 0 Å². The highest BCUT2D eigenvalue weighted by molar-refractivity contribution is 6.19. The van der Waals surface area contributed by atoms with Gasteiger partial charge in [-0.05, 0) is 26.8 Å². The number of amides is 1. The normalized spacial score (nSPS) is 11.2. The lowest BCUT2D eigenvalue weighted by molar-refractivity contribution is -0.128. The molecule has 16 heavy (non-hydrogen) atoms. The van der Waals surface area contributed by atoms with Crippen LogP contribution < -0.4 is 5.32 Å². The molecule has 1 aromatic rings. The molecule has 1 heterocycles. The van der Waals surface area contributed by atoms with E-state index in [1.807, 2.05) is 6.92 Å². The summed E-state index contributed by atoms with van der Waals surface area (Å²) in [6, 6.07) is 1.78. The Labute approximate surface area is 100 Å². The lowest BCUT2D eigenvalue weighted by atomic mass is 9.95. The number of nitrogens with one attached hydrogen (secondary N) is 1. The maximum Gasteiger partial charge on any atom is 0.227 e. The van der Waals surface area contributed by atoms with Gasteiger partial charge >= 0.3 is 0 Å². The topological polar surface area (TPSA) is 54.9 Å². The Morgan fingerprint density at radius 2 is 2.25 bits per heavy atom. The molecule has 1 rings (SSSR count). The Morgan fingerprint density at radius 1 is 1.56 bits per heavy atom. The Morgan fingerprint density at radius 3 is 2.81 bits per heavy atom. The third-order valence-corrected chi connectivity index (χ3v) is 2.88. The first-order valence-electron chi connectivity index (χ1n) is 5.08. The molecule has 0 aliphatic rings. The second-order valence-electron chi connectivity index (χ2n) is 4.30. The number of carbonyl (C=O) groups excluding carboxylic acids is 1. The minimum Gasteiger partial charge on any atom is -0.350 e. The second kappa shape index (κ2) is 5.25. The Hall–Kier alpha value is -1.16. The largest absolute Gasteiger partial charge is 0.350 e. The average molecular weight is 242 g/mol. The number of nitrogens with zero attached hydrogens (tertiary/aromatic N) is 2. The molecule has 0 fully saturated rings. The first-order valence-corrected chi connectivity index (χ1v) is 5.62. The molecule has 0 saturated heterocycles. The molecular formula is C11H16ClN3O. The molecule has 1 amide bonds. The lowest BCUT2D eigenvalue weighted by Gasteiger charge is -2.20. The van der Waals surface area contributed by atoms with E-state index in [1.54, 1.807) is 26.1 Å². The predicted molar refractivity (Wildman–Crippen MR) is 63.1 cm³/mol. The lowest BCUT2D eigenvalue weighted by Crippen LogP contribution is -2.37. The number of hydrogen-bond acceptors (Lipinski definition) is 3. The molecule has 0 aliphatic heterocycles. The van der Waals surface area contributed by atoms with Gasteiger partial charge in [-0.15, -0.1) is 11.6 Å². The van der Waals surface area contributed by atoms with Crippen LogP contribution in [0.4, 0.5) is 0 Å². The highest BCUT2D eigenvalue weighted by atomic mass is 35.5. The van der Waals surface area contributed by atoms with E-state index in [9.17, 15) is 4.79 Å². The van der Waals surface area contributed by atoms with Crippen molar-refractivity contribution in [2.24, 2.45) is 5.41 Å². The minimum atomic E-state index is -0.552. The molecule has 0 radical (unpaired) electrons. The molecule has 0 atom stereocenters. The monoisotopic (exact) mass is 241 g/mol. The van der Waals surface area contributed by atoms with E-state index < -0.39 is 5.41 Å². The van der Waals surface area contributed by atoms with Crippen molar-refractivity contribution in [2.75, 3.05) is 5.88 Å². The fourth-order valence-electron chi connectivity index (χ4n) is 1.07. The molecule has 0 spiro atoms. The van der Waals surface area contributed by atoms with Gasteiger partial charge in [-0.1, -0.05) is 0 Å². The van der Waals surface area contributed by atoms with Crippen molar-refractivity contribution in [2.45, 2.75) is 27.3 Å². The Kier molecular flexibility index (Phi) is 4.24. The molecule has 88 valence electrons. The molecule has 0 bridgehead atoms. The fraction of sp³-hybridized carbons (Fsp3) is 0.545. The van der Waals surface area contributed by atoms with Crippen LogP contribution in [0.1, 0.15) is 25.4 Å². The predicted octanol–water partition coefficient (Wildman–Crippen LogP) is 1.67. The van der Waals surface area contributed by atoms with Gasteiger partial charge in [0, 0.05) is 12.1 Å². The summed E-state index contributed by atoms with van der Waals surface area (Å²) in [6.07, 6.45) is 1.68. The van der Waals surface area contributed by atoms with E-state index >= 15 is 0 Å². The van der Waals surface area contributed by atoms with Gasteiger partial charge in [-0.3, -0.25) is 4.79 Å². The summed E-state index contributed by atoms with van der Waals surface area (Å²) in [4.78, 5) is 19.9. The zero-order valence-corrected chi connectivity index (χ0v) is 10.5. The molecule has 4 nitrogen and oxygen atoms in total. The first kappa shape index (κ1) is 12.9. The van der Waals surface area contributed by atoms with E-state index in [0.717, 1.165) is 5.69 Å². The molecular weight excluding hydrogens is 226 g/mol. The molecule has 1 aromatic heterocycles. The number of alkyl halides is 1. The van der Waals surface area contributed by atoms with Crippen molar-refractivity contribution in [3.63, 3.8) is 0 Å². The zero-order chi connectivity index (χ0) is 12.2. The van der Waals surface area contributed by atoms with Crippen LogP contribution in [0.15, 0.2) is 12.3 Å². The van der Waals surface area contributed by atoms with Crippen LogP contribution in [-0.2, 0) is 11.3 Å². The number of rotatable bonds is 4. The van der Waals surface area contributed by atoms with Gasteiger partial charge in [0.2, 0.25) is 5.91 Å². The SMILES string of the molecule is Cc1nccc(CNC(=O)C(C)(C)CCl)n1. The molecule has 0 aliphatic carbocycles. The van der Waals surface area contributed by atoms with Crippen LogP contribution in [0.2, 0.25) is 0 Å². The van der Waals surface area contributed by atoms with Crippen LogP contribution in [0.5, 0.6) is 0 Å². The van der Waals surface area contributed by atoms with Gasteiger partial charge in [-0.25, -0.2) is 9.97 Å². The standard InChI is InChI=1S/C11H16ClN3O/c1-8-13-5-4-9(15-8)6-14-10(16)11(2,3)7-12/h4-5H,6-7H2,1-3H3,(H,14,16). The van der Waals surface area contributed by atoms with Crippen molar-refractivity contribution in [3.8, 4) is 0 Å². The molecule has 0 aromatic carbocycles. The zero-order valence-electron chi connectivity index (χ0n) is 9.75. The molecule has 1 N–H and O–H groups in total. The Bertz CT molecular complexity index is 379. The summed E-state index contributed by atoms with van der Waals surface area (Å²) in [5.41, 5.74) is 0.245. The number of carbonyl (C=O) groups is 1. The van der Waals surface area contributed by atoms with Crippen LogP contribution in [0, 0.1) is 12.3 Å². The van der Waals surface area contributed by atoms with Gasteiger partial charge in [0.1, 0.15) is 5.82 Å². The van der Waals surface area contributed by atoms with Crippen molar-refractivity contribution in [1.29, 1.82) is 0 Å². The summed E-state index contributed by atoms with van der Waals surface area (Å²) >= 11 is 5.71. The van der Waals surface area contributed by atoms with E-state index in [0.29, 0.717) is 18.2 Å². The fourth-order valence-corrected chi connectivity index (χ4v) is 1.20. The molecule has 0 unspecified atom stereocenters. The highest BCUT2D eigenvalue weighted by Crippen LogP contribution is 2.16. The van der Waals surface area contributed by atoms with E-state index in [2.05, 4.69) is 15.3 Å². The molecule has 0 saturated carbocycles. The average Bonchev–Trinajstić information content (AvgIpc) is 2.26. The van der Waals surface area contributed by atoms with Crippen LogP contribution in [-0.4, -0.2) is 21.8 Å². The second-order valence-corrected chi connectivity index (χ2v) is 4.56. The maximum absolute atomic E-state index is 11.7. The molecule has 5 heteroatoms. The van der Waals surface area contributed by atoms with E-state index in [1.165, 1.54) is 0 Å². The summed E-state index contributed by atoms with van der Waals surface area (Å²) in [7, 11) is 0. The third-order valence-electron chi connectivity index (χ3n) is 2.21. The maximum atomic E-state index is 11.7. The minimum absolute atomic E-state index is 0.0706. The number of hydrogen-bond donors (Lipinski definition) is 1. The summed E-state index contributed by atoms with van der Waals surface area (Å²) < 4.78 is 0. The van der Waals surface area contributed by atoms with Crippen LogP contribution >= 0.6 is 11.6 Å². The quantitative estimate of drug-likeness (QED) is 0.816. The first-order chi connectivity index (χ1) is 7.45.